The molecule has 2 heterocycles. The molecule has 0 fully saturated rings. The third kappa shape index (κ3) is 6.85. The molecule has 1 aliphatic heterocycles. The summed E-state index contributed by atoms with van der Waals surface area (Å²) < 4.78 is 13.6. The predicted molar refractivity (Wildman–Crippen MR) is 177 cm³/mol. The van der Waals surface area contributed by atoms with Crippen molar-refractivity contribution in [3.05, 3.63) is 130 Å². The first kappa shape index (κ1) is 31.8. The Morgan fingerprint density at radius 2 is 1.84 bits per heavy atom. The molecule has 3 aromatic carbocycles. The number of carbonyl (C=O) groups excluding carboxylic acids is 1. The molecular weight excluding hydrogens is 615 g/mol. The highest BCUT2D eigenvalue weighted by Crippen LogP contribution is 2.33. The van der Waals surface area contributed by atoms with E-state index in [2.05, 4.69) is 26.0 Å². The Balaban J connectivity index is 1.57. The van der Waals surface area contributed by atoms with Crippen molar-refractivity contribution in [1.29, 1.82) is 0 Å². The van der Waals surface area contributed by atoms with E-state index in [4.69, 9.17) is 37.7 Å². The van der Waals surface area contributed by atoms with Crippen molar-refractivity contribution in [1.82, 2.24) is 4.57 Å². The lowest BCUT2D eigenvalue weighted by Crippen LogP contribution is -2.40. The SMILES string of the molecule is CCCC1=C(C(=O)OCC)[C@@H](c2ccc(C(C)C)cc2)n2c(s/c(=C\c3cccc(OCc4ccc(Cl)cc4Cl)c3)c2=O)=N1. The minimum absolute atomic E-state index is 0.219. The van der Waals surface area contributed by atoms with Gasteiger partial charge in [0.25, 0.3) is 5.56 Å². The number of nitrogens with zero attached hydrogens (tertiary/aromatic N) is 2. The summed E-state index contributed by atoms with van der Waals surface area (Å²) in [5.41, 5.74) is 4.49. The highest BCUT2D eigenvalue weighted by Gasteiger charge is 2.34. The number of thiazole rings is 1. The van der Waals surface area contributed by atoms with Crippen molar-refractivity contribution >= 4 is 46.6 Å². The smallest absolute Gasteiger partial charge is 0.338 e. The molecule has 0 aliphatic carbocycles. The fraction of sp³-hybridized carbons (Fsp3) is 0.286. The van der Waals surface area contributed by atoms with Crippen molar-refractivity contribution in [2.24, 2.45) is 4.99 Å². The third-order valence-corrected chi connectivity index (χ3v) is 8.95. The van der Waals surface area contributed by atoms with E-state index in [1.807, 2.05) is 55.5 Å². The molecule has 0 radical (unpaired) electrons. The molecule has 0 amide bonds. The minimum atomic E-state index is -0.644. The van der Waals surface area contributed by atoms with Crippen molar-refractivity contribution in [2.75, 3.05) is 6.61 Å². The van der Waals surface area contributed by atoms with Crippen LogP contribution in [0.4, 0.5) is 0 Å². The molecule has 44 heavy (non-hydrogen) atoms. The quantitative estimate of drug-likeness (QED) is 0.166. The normalized spacial score (nSPS) is 14.9. The molecule has 0 N–H and O–H groups in total. The molecule has 0 bridgehead atoms. The third-order valence-electron chi connectivity index (χ3n) is 7.38. The predicted octanol–water partition coefficient (Wildman–Crippen LogP) is 7.59. The maximum atomic E-state index is 14.1. The van der Waals surface area contributed by atoms with Crippen LogP contribution in [0.5, 0.6) is 5.75 Å². The fourth-order valence-electron chi connectivity index (χ4n) is 5.14. The summed E-state index contributed by atoms with van der Waals surface area (Å²) in [6.45, 7) is 8.59. The lowest BCUT2D eigenvalue weighted by atomic mass is 9.92. The van der Waals surface area contributed by atoms with Crippen LogP contribution in [0.25, 0.3) is 6.08 Å². The summed E-state index contributed by atoms with van der Waals surface area (Å²) in [5, 5.41) is 1.10. The van der Waals surface area contributed by atoms with E-state index in [0.717, 1.165) is 23.1 Å². The molecule has 1 aromatic heterocycles. The van der Waals surface area contributed by atoms with Gasteiger partial charge in [-0.3, -0.25) is 9.36 Å². The van der Waals surface area contributed by atoms with Crippen molar-refractivity contribution in [3.8, 4) is 5.75 Å². The molecule has 1 atom stereocenters. The monoisotopic (exact) mass is 648 g/mol. The van der Waals surface area contributed by atoms with E-state index in [-0.39, 0.29) is 18.8 Å². The Bertz CT molecular complexity index is 1890. The topological polar surface area (TPSA) is 69.9 Å². The zero-order chi connectivity index (χ0) is 31.4. The molecular formula is C35H34Cl2N2O4S. The molecule has 5 rings (SSSR count). The van der Waals surface area contributed by atoms with Crippen molar-refractivity contribution in [2.45, 2.75) is 59.1 Å². The summed E-state index contributed by atoms with van der Waals surface area (Å²) in [6, 6.07) is 20.3. The highest BCUT2D eigenvalue weighted by molar-refractivity contribution is 7.07. The van der Waals surface area contributed by atoms with Crippen molar-refractivity contribution < 1.29 is 14.3 Å². The van der Waals surface area contributed by atoms with Gasteiger partial charge in [0.1, 0.15) is 12.4 Å². The standard InChI is InChI=1S/C35H34Cl2N2O4S/c1-5-8-29-31(34(41)42-6-2)32(24-13-11-23(12-14-24)21(3)4)39-33(40)30(44-35(39)38-29)18-22-9-7-10-27(17-22)43-20-25-15-16-26(36)19-28(25)37/h7,9-19,21,32H,5-6,8,20H2,1-4H3/b30-18-/t32-/m1/s1. The Morgan fingerprint density at radius 1 is 1.07 bits per heavy atom. The molecule has 9 heteroatoms. The molecule has 228 valence electrons. The van der Waals surface area contributed by atoms with Crippen LogP contribution in [-0.2, 0) is 16.1 Å². The molecule has 0 spiro atoms. The van der Waals surface area contributed by atoms with Gasteiger partial charge in [-0.05, 0) is 66.3 Å². The number of fused-ring (bicyclic) bond motifs is 1. The molecule has 0 unspecified atom stereocenters. The number of esters is 1. The van der Waals surface area contributed by atoms with Gasteiger partial charge in [0.2, 0.25) is 0 Å². The van der Waals surface area contributed by atoms with Crippen LogP contribution >= 0.6 is 34.5 Å². The number of ether oxygens (including phenoxy) is 2. The lowest BCUT2D eigenvalue weighted by molar-refractivity contribution is -0.139. The number of benzene rings is 3. The van der Waals surface area contributed by atoms with Gasteiger partial charge in [0.15, 0.2) is 4.80 Å². The first-order valence-electron chi connectivity index (χ1n) is 14.7. The number of rotatable bonds is 10. The molecule has 4 aromatic rings. The average molecular weight is 650 g/mol. The number of carbonyl (C=O) groups is 1. The number of hydrogen-bond acceptors (Lipinski definition) is 6. The summed E-state index contributed by atoms with van der Waals surface area (Å²) >= 11 is 13.6. The van der Waals surface area contributed by atoms with Crippen LogP contribution in [0.3, 0.4) is 0 Å². The van der Waals surface area contributed by atoms with Gasteiger partial charge in [-0.25, -0.2) is 9.79 Å². The second kappa shape index (κ2) is 14.0. The fourth-order valence-corrected chi connectivity index (χ4v) is 6.63. The average Bonchev–Trinajstić information content (AvgIpc) is 3.30. The van der Waals surface area contributed by atoms with Crippen LogP contribution in [0.1, 0.15) is 74.8 Å². The van der Waals surface area contributed by atoms with Crippen LogP contribution < -0.4 is 19.6 Å². The summed E-state index contributed by atoms with van der Waals surface area (Å²) in [6.07, 6.45) is 3.22. The van der Waals surface area contributed by atoms with Crippen LogP contribution in [0.2, 0.25) is 10.0 Å². The minimum Gasteiger partial charge on any atom is -0.489 e. The number of aromatic nitrogens is 1. The van der Waals surface area contributed by atoms with Gasteiger partial charge in [0.05, 0.1) is 28.5 Å². The van der Waals surface area contributed by atoms with E-state index in [1.54, 1.807) is 23.6 Å². The zero-order valence-corrected chi connectivity index (χ0v) is 27.4. The van der Waals surface area contributed by atoms with Gasteiger partial charge < -0.3 is 9.47 Å². The molecule has 0 saturated carbocycles. The largest absolute Gasteiger partial charge is 0.489 e. The molecule has 0 saturated heterocycles. The zero-order valence-electron chi connectivity index (χ0n) is 25.1. The highest BCUT2D eigenvalue weighted by atomic mass is 35.5. The second-order valence-electron chi connectivity index (χ2n) is 10.8. The lowest BCUT2D eigenvalue weighted by Gasteiger charge is -2.26. The Kier molecular flexibility index (Phi) is 10.1. The first-order valence-corrected chi connectivity index (χ1v) is 16.3. The van der Waals surface area contributed by atoms with E-state index >= 15 is 0 Å². The molecule has 6 nitrogen and oxygen atoms in total. The van der Waals surface area contributed by atoms with Gasteiger partial charge in [-0.2, -0.15) is 0 Å². The van der Waals surface area contributed by atoms with Crippen LogP contribution in [0, 0.1) is 0 Å². The van der Waals surface area contributed by atoms with Gasteiger partial charge in [0, 0.05) is 15.6 Å². The van der Waals surface area contributed by atoms with E-state index in [9.17, 15) is 9.59 Å². The van der Waals surface area contributed by atoms with E-state index < -0.39 is 12.0 Å². The Labute approximate surface area is 270 Å². The van der Waals surface area contributed by atoms with E-state index in [1.165, 1.54) is 16.9 Å². The van der Waals surface area contributed by atoms with Crippen LogP contribution in [-0.4, -0.2) is 17.1 Å². The van der Waals surface area contributed by atoms with Gasteiger partial charge in [-0.15, -0.1) is 0 Å². The maximum Gasteiger partial charge on any atom is 0.338 e. The molecule has 1 aliphatic rings. The summed E-state index contributed by atoms with van der Waals surface area (Å²) in [5.74, 6) is 0.540. The maximum absolute atomic E-state index is 14.1. The first-order chi connectivity index (χ1) is 21.2. The van der Waals surface area contributed by atoms with Gasteiger partial charge in [-0.1, -0.05) is 104 Å². The van der Waals surface area contributed by atoms with Crippen LogP contribution in [0.15, 0.2) is 87.8 Å². The Hall–Kier alpha value is -3.65. The number of allylic oxidation sites excluding steroid dienone is 1. The summed E-state index contributed by atoms with van der Waals surface area (Å²) in [4.78, 5) is 32.9. The summed E-state index contributed by atoms with van der Waals surface area (Å²) in [7, 11) is 0. The van der Waals surface area contributed by atoms with Crippen molar-refractivity contribution in [3.63, 3.8) is 0 Å². The Morgan fingerprint density at radius 3 is 2.52 bits per heavy atom. The second-order valence-corrected chi connectivity index (χ2v) is 12.7. The number of halogens is 2. The number of hydrogen-bond donors (Lipinski definition) is 0. The van der Waals surface area contributed by atoms with E-state index in [0.29, 0.717) is 48.7 Å². The van der Waals surface area contributed by atoms with Gasteiger partial charge >= 0.3 is 5.97 Å².